The molecule has 0 saturated carbocycles. The lowest BCUT2D eigenvalue weighted by atomic mass is 10.1. The van der Waals surface area contributed by atoms with Gasteiger partial charge in [-0.25, -0.2) is 0 Å². The predicted molar refractivity (Wildman–Crippen MR) is 83.2 cm³/mol. The quantitative estimate of drug-likeness (QED) is 0.862. The lowest BCUT2D eigenvalue weighted by Crippen LogP contribution is -2.25. The van der Waals surface area contributed by atoms with Crippen molar-refractivity contribution in [1.82, 2.24) is 15.1 Å². The summed E-state index contributed by atoms with van der Waals surface area (Å²) in [6.45, 7) is 4.33. The Labute approximate surface area is 135 Å². The van der Waals surface area contributed by atoms with Crippen LogP contribution >= 0.6 is 0 Å². The van der Waals surface area contributed by atoms with Crippen LogP contribution in [0, 0.1) is 6.92 Å². The van der Waals surface area contributed by atoms with Crippen LogP contribution in [0.3, 0.4) is 0 Å². The van der Waals surface area contributed by atoms with Crippen molar-refractivity contribution in [3.63, 3.8) is 0 Å². The number of hydrogen-bond donors (Lipinski definition) is 0. The fraction of sp³-hybridized carbons (Fsp3) is 0.529. The van der Waals surface area contributed by atoms with Crippen LogP contribution in [0.15, 0.2) is 22.6 Å². The highest BCUT2D eigenvalue weighted by molar-refractivity contribution is 5.39. The lowest BCUT2D eigenvalue weighted by molar-refractivity contribution is 0.107. The van der Waals surface area contributed by atoms with Crippen LogP contribution < -0.4 is 4.74 Å². The van der Waals surface area contributed by atoms with E-state index in [-0.39, 0.29) is 12.1 Å². The highest BCUT2D eigenvalue weighted by Crippen LogP contribution is 2.34. The molecule has 1 saturated heterocycles. The molecule has 2 aromatic rings. The van der Waals surface area contributed by atoms with E-state index >= 15 is 0 Å². The molecule has 0 amide bonds. The van der Waals surface area contributed by atoms with Crippen molar-refractivity contribution in [3.8, 4) is 5.75 Å². The Morgan fingerprint density at radius 3 is 3.04 bits per heavy atom. The van der Waals surface area contributed by atoms with Gasteiger partial charge in [0.2, 0.25) is 11.8 Å². The maximum atomic E-state index is 5.66. The summed E-state index contributed by atoms with van der Waals surface area (Å²) < 4.78 is 16.8. The van der Waals surface area contributed by atoms with Crippen molar-refractivity contribution in [2.45, 2.75) is 38.5 Å². The van der Waals surface area contributed by atoms with Gasteiger partial charge in [0.25, 0.3) is 0 Å². The summed E-state index contributed by atoms with van der Waals surface area (Å²) in [5.41, 5.74) is 2.59. The highest BCUT2D eigenvalue weighted by Gasteiger charge is 2.36. The van der Waals surface area contributed by atoms with Crippen LogP contribution in [0.2, 0.25) is 0 Å². The third kappa shape index (κ3) is 2.84. The molecule has 0 bridgehead atoms. The molecule has 4 rings (SSSR count). The maximum absolute atomic E-state index is 5.66. The van der Waals surface area contributed by atoms with Crippen LogP contribution in [0.5, 0.6) is 5.75 Å². The number of rotatable bonds is 4. The van der Waals surface area contributed by atoms with Crippen LogP contribution in [0.1, 0.15) is 35.4 Å². The van der Waals surface area contributed by atoms with Crippen molar-refractivity contribution in [3.05, 3.63) is 41.1 Å². The van der Waals surface area contributed by atoms with E-state index in [4.69, 9.17) is 13.9 Å². The zero-order chi connectivity index (χ0) is 15.8. The van der Waals surface area contributed by atoms with Gasteiger partial charge in [0.05, 0.1) is 18.8 Å². The van der Waals surface area contributed by atoms with E-state index < -0.39 is 0 Å². The van der Waals surface area contributed by atoms with Crippen molar-refractivity contribution in [1.29, 1.82) is 0 Å². The van der Waals surface area contributed by atoms with E-state index in [0.717, 1.165) is 38.3 Å². The molecule has 0 N–H and O–H groups in total. The molecule has 1 fully saturated rings. The maximum Gasteiger partial charge on any atom is 0.233 e. The summed E-state index contributed by atoms with van der Waals surface area (Å²) in [4.78, 5) is 2.36. The number of methoxy groups -OCH3 is 1. The van der Waals surface area contributed by atoms with E-state index in [1.807, 2.05) is 6.92 Å². The van der Waals surface area contributed by atoms with Crippen LogP contribution in [0.4, 0.5) is 0 Å². The second-order valence-corrected chi connectivity index (χ2v) is 6.24. The van der Waals surface area contributed by atoms with Gasteiger partial charge in [0.1, 0.15) is 5.75 Å². The van der Waals surface area contributed by atoms with Crippen LogP contribution in [-0.2, 0) is 17.7 Å². The molecule has 1 aromatic heterocycles. The number of likely N-dealkylation sites (tertiary alicyclic amines) is 1. The highest BCUT2D eigenvalue weighted by atomic mass is 16.5. The molecule has 0 spiro atoms. The summed E-state index contributed by atoms with van der Waals surface area (Å²) >= 11 is 0. The Kier molecular flexibility index (Phi) is 3.79. The molecule has 2 aliphatic heterocycles. The Morgan fingerprint density at radius 2 is 2.26 bits per heavy atom. The van der Waals surface area contributed by atoms with Gasteiger partial charge in [-0.1, -0.05) is 12.1 Å². The largest absolute Gasteiger partial charge is 0.493 e. The average Bonchev–Trinajstić information content (AvgIpc) is 3.26. The third-order valence-electron chi connectivity index (χ3n) is 4.66. The molecular weight excluding hydrogens is 294 g/mol. The number of aromatic nitrogens is 2. The topological polar surface area (TPSA) is 60.6 Å². The van der Waals surface area contributed by atoms with Gasteiger partial charge in [0, 0.05) is 33.5 Å². The van der Waals surface area contributed by atoms with Gasteiger partial charge in [-0.05, 0) is 23.6 Å². The number of ether oxygens (including phenoxy) is 2. The van der Waals surface area contributed by atoms with E-state index in [0.29, 0.717) is 11.8 Å². The fourth-order valence-electron chi connectivity index (χ4n) is 3.48. The summed E-state index contributed by atoms with van der Waals surface area (Å²) in [6.07, 6.45) is 2.08. The first-order chi connectivity index (χ1) is 11.2. The van der Waals surface area contributed by atoms with Crippen LogP contribution in [0.25, 0.3) is 0 Å². The standard InChI is InChI=1S/C17H21N3O3/c1-11-18-19-17(23-11)15-8-14(21-2)10-20(15)9-12-3-4-16-13(7-12)5-6-22-16/h3-4,7,14-15H,5-6,8-10H2,1-2H3/t14-,15+/m0/s1. The minimum atomic E-state index is 0.116. The number of hydrogen-bond acceptors (Lipinski definition) is 6. The second-order valence-electron chi connectivity index (χ2n) is 6.24. The van der Waals surface area contributed by atoms with Gasteiger partial charge in [-0.3, -0.25) is 4.90 Å². The van der Waals surface area contributed by atoms with Crippen molar-refractivity contribution in [2.75, 3.05) is 20.3 Å². The summed E-state index contributed by atoms with van der Waals surface area (Å²) in [5, 5.41) is 8.18. The number of fused-ring (bicyclic) bond motifs is 1. The number of benzene rings is 1. The van der Waals surface area contributed by atoms with Gasteiger partial charge in [0.15, 0.2) is 0 Å². The number of nitrogens with zero attached hydrogens (tertiary/aromatic N) is 3. The van der Waals surface area contributed by atoms with Gasteiger partial charge in [-0.2, -0.15) is 0 Å². The Bertz CT molecular complexity index is 700. The molecule has 1 aromatic carbocycles. The molecule has 6 nitrogen and oxygen atoms in total. The Balaban J connectivity index is 1.55. The third-order valence-corrected chi connectivity index (χ3v) is 4.66. The lowest BCUT2D eigenvalue weighted by Gasteiger charge is -2.21. The van der Waals surface area contributed by atoms with E-state index in [1.165, 1.54) is 11.1 Å². The molecule has 6 heteroatoms. The first kappa shape index (κ1) is 14.7. The summed E-state index contributed by atoms with van der Waals surface area (Å²) in [6, 6.07) is 6.58. The van der Waals surface area contributed by atoms with Gasteiger partial charge >= 0.3 is 0 Å². The normalized spacial score (nSPS) is 23.9. The fourth-order valence-corrected chi connectivity index (χ4v) is 3.48. The van der Waals surface area contributed by atoms with E-state index in [1.54, 1.807) is 7.11 Å². The molecule has 3 heterocycles. The molecule has 23 heavy (non-hydrogen) atoms. The molecule has 0 radical (unpaired) electrons. The second kappa shape index (κ2) is 5.94. The van der Waals surface area contributed by atoms with Gasteiger partial charge in [-0.15, -0.1) is 10.2 Å². The zero-order valence-electron chi connectivity index (χ0n) is 13.5. The smallest absolute Gasteiger partial charge is 0.233 e. The van der Waals surface area contributed by atoms with Crippen molar-refractivity contribution in [2.24, 2.45) is 0 Å². The first-order valence-electron chi connectivity index (χ1n) is 8.04. The Hall–Kier alpha value is -1.92. The monoisotopic (exact) mass is 315 g/mol. The van der Waals surface area contributed by atoms with E-state index in [2.05, 4.69) is 33.3 Å². The Morgan fingerprint density at radius 1 is 1.35 bits per heavy atom. The minimum absolute atomic E-state index is 0.116. The molecular formula is C17H21N3O3. The zero-order valence-corrected chi connectivity index (χ0v) is 13.5. The van der Waals surface area contributed by atoms with Gasteiger partial charge < -0.3 is 13.9 Å². The molecule has 0 aliphatic carbocycles. The average molecular weight is 315 g/mol. The van der Waals surface area contributed by atoms with Crippen LogP contribution in [-0.4, -0.2) is 41.5 Å². The number of aryl methyl sites for hydroxylation is 1. The predicted octanol–water partition coefficient (Wildman–Crippen LogP) is 2.27. The first-order valence-corrected chi connectivity index (χ1v) is 8.04. The molecule has 122 valence electrons. The molecule has 2 atom stereocenters. The molecule has 2 aliphatic rings. The molecule has 0 unspecified atom stereocenters. The van der Waals surface area contributed by atoms with Crippen molar-refractivity contribution >= 4 is 0 Å². The van der Waals surface area contributed by atoms with Crippen molar-refractivity contribution < 1.29 is 13.9 Å². The van der Waals surface area contributed by atoms with E-state index in [9.17, 15) is 0 Å². The summed E-state index contributed by atoms with van der Waals surface area (Å²) in [5.74, 6) is 2.32. The summed E-state index contributed by atoms with van der Waals surface area (Å²) in [7, 11) is 1.76. The SMILES string of the molecule is CO[C@H]1C[C@H](c2nnc(C)o2)N(Cc2ccc3c(c2)CCO3)C1. The minimum Gasteiger partial charge on any atom is -0.493 e.